The summed E-state index contributed by atoms with van der Waals surface area (Å²) in [5.74, 6) is -2.11. The lowest BCUT2D eigenvalue weighted by molar-refractivity contribution is -0.120. The van der Waals surface area contributed by atoms with Gasteiger partial charge in [-0.1, -0.05) is 6.07 Å². The number of hydrogen-bond donors (Lipinski definition) is 2. The van der Waals surface area contributed by atoms with Crippen LogP contribution in [-0.4, -0.2) is 46.6 Å². The Balaban J connectivity index is 1.83. The fourth-order valence-corrected chi connectivity index (χ4v) is 2.73. The summed E-state index contributed by atoms with van der Waals surface area (Å²) >= 11 is 0. The highest BCUT2D eigenvalue weighted by atomic mass is 19.1. The predicted octanol–water partition coefficient (Wildman–Crippen LogP) is 1.83. The second kappa shape index (κ2) is 7.12. The molecule has 1 aromatic heterocycles. The Kier molecular flexibility index (Phi) is 4.87. The molecule has 0 spiro atoms. The number of Topliss-reactive ketones (excluding diaryl/α,β-unsaturated/α-hetero) is 1. The second-order valence-corrected chi connectivity index (χ2v) is 6.07. The molecule has 0 aliphatic carbocycles. The van der Waals surface area contributed by atoms with E-state index in [1.54, 1.807) is 0 Å². The topological polar surface area (TPSA) is 123 Å². The van der Waals surface area contributed by atoms with Crippen LogP contribution in [0.3, 0.4) is 0 Å². The van der Waals surface area contributed by atoms with Gasteiger partial charge in [0, 0.05) is 17.3 Å². The van der Waals surface area contributed by atoms with Crippen molar-refractivity contribution < 1.29 is 28.6 Å². The van der Waals surface area contributed by atoms with Crippen molar-refractivity contribution in [2.75, 3.05) is 11.4 Å². The molecule has 9 heteroatoms. The summed E-state index contributed by atoms with van der Waals surface area (Å²) in [4.78, 5) is 39.2. The Morgan fingerprint density at radius 3 is 2.67 bits per heavy atom. The molecule has 0 bridgehead atoms. The Hall–Kier alpha value is -3.33. The molecule has 0 saturated carbocycles. The van der Waals surface area contributed by atoms with Crippen molar-refractivity contribution in [2.24, 2.45) is 5.73 Å². The molecule has 2 aromatic rings. The summed E-state index contributed by atoms with van der Waals surface area (Å²) in [7, 11) is 0. The number of anilines is 1. The molecule has 2 heterocycles. The van der Waals surface area contributed by atoms with E-state index in [-0.39, 0.29) is 29.3 Å². The number of carbonyl (C=O) groups excluding carboxylic acids is 2. The van der Waals surface area contributed by atoms with Gasteiger partial charge in [-0.3, -0.25) is 9.69 Å². The molecule has 140 valence electrons. The number of cyclic esters (lactones) is 1. The number of benzene rings is 1. The molecule has 1 saturated heterocycles. The summed E-state index contributed by atoms with van der Waals surface area (Å²) in [6.07, 6.45) is -0.255. The third kappa shape index (κ3) is 3.63. The number of amides is 1. The fourth-order valence-electron chi connectivity index (χ4n) is 2.73. The van der Waals surface area contributed by atoms with E-state index in [1.165, 1.54) is 42.3 Å². The van der Waals surface area contributed by atoms with E-state index in [9.17, 15) is 18.8 Å². The number of ketones is 1. The quantitative estimate of drug-likeness (QED) is 0.819. The zero-order chi connectivity index (χ0) is 19.7. The van der Waals surface area contributed by atoms with Crippen LogP contribution in [0.25, 0.3) is 11.1 Å². The minimum atomic E-state index is -1.18. The number of aromatic carboxylic acids is 1. The van der Waals surface area contributed by atoms with Crippen LogP contribution in [0.4, 0.5) is 14.9 Å². The smallest absolute Gasteiger partial charge is 0.414 e. The predicted molar refractivity (Wildman–Crippen MR) is 92.9 cm³/mol. The lowest BCUT2D eigenvalue weighted by atomic mass is 10.1. The Labute approximate surface area is 153 Å². The van der Waals surface area contributed by atoms with E-state index >= 15 is 0 Å². The molecule has 1 fully saturated rings. The summed E-state index contributed by atoms with van der Waals surface area (Å²) in [6.45, 7) is 1.34. The monoisotopic (exact) mass is 373 g/mol. The van der Waals surface area contributed by atoms with Crippen LogP contribution < -0.4 is 10.6 Å². The number of carboxylic acids is 1. The van der Waals surface area contributed by atoms with E-state index in [2.05, 4.69) is 4.98 Å². The highest BCUT2D eigenvalue weighted by molar-refractivity contribution is 5.92. The maximum Gasteiger partial charge on any atom is 0.414 e. The third-order valence-corrected chi connectivity index (χ3v) is 4.26. The number of carboxylic acid groups (broad SMARTS) is 1. The van der Waals surface area contributed by atoms with Crippen molar-refractivity contribution in [3.63, 3.8) is 0 Å². The summed E-state index contributed by atoms with van der Waals surface area (Å²) in [5, 5.41) is 8.86. The third-order valence-electron chi connectivity index (χ3n) is 4.26. The fraction of sp³-hybridized carbons (Fsp3) is 0.222. The minimum absolute atomic E-state index is 0.0350. The van der Waals surface area contributed by atoms with E-state index in [1.807, 2.05) is 0 Å². The molecule has 8 nitrogen and oxygen atoms in total. The van der Waals surface area contributed by atoms with Gasteiger partial charge in [0.25, 0.3) is 0 Å². The number of nitrogens with zero attached hydrogens (tertiary/aromatic N) is 2. The maximum atomic E-state index is 14.6. The SMILES string of the molecule is CC(=O)[C@@H](N)C1CN(c2ccc(-c3ccc(C(=O)O)nc3)c(F)c2)C(=O)O1. The first kappa shape index (κ1) is 18.5. The zero-order valence-electron chi connectivity index (χ0n) is 14.3. The van der Waals surface area contributed by atoms with Crippen molar-refractivity contribution in [2.45, 2.75) is 19.1 Å². The van der Waals surface area contributed by atoms with E-state index < -0.39 is 30.0 Å². The Morgan fingerprint density at radius 1 is 1.37 bits per heavy atom. The molecule has 1 aromatic carbocycles. The molecule has 3 rings (SSSR count). The van der Waals surface area contributed by atoms with Gasteiger partial charge in [0.2, 0.25) is 0 Å². The number of carbonyl (C=O) groups is 3. The largest absolute Gasteiger partial charge is 0.477 e. The molecule has 1 unspecified atom stereocenters. The van der Waals surface area contributed by atoms with Crippen molar-refractivity contribution in [3.8, 4) is 11.1 Å². The van der Waals surface area contributed by atoms with Crippen molar-refractivity contribution >= 4 is 23.5 Å². The van der Waals surface area contributed by atoms with Crippen LogP contribution in [0.15, 0.2) is 36.5 Å². The summed E-state index contributed by atoms with van der Waals surface area (Å²) in [6, 6.07) is 5.91. The van der Waals surface area contributed by atoms with Crippen LogP contribution in [0.2, 0.25) is 0 Å². The molecule has 1 aliphatic heterocycles. The normalized spacial score (nSPS) is 17.5. The van der Waals surface area contributed by atoms with Gasteiger partial charge >= 0.3 is 12.1 Å². The number of halogens is 1. The van der Waals surface area contributed by atoms with Gasteiger partial charge in [0.05, 0.1) is 12.2 Å². The van der Waals surface area contributed by atoms with E-state index in [0.717, 1.165) is 6.07 Å². The molecule has 1 aliphatic rings. The number of aromatic nitrogens is 1. The van der Waals surface area contributed by atoms with Gasteiger partial charge in [-0.15, -0.1) is 0 Å². The number of rotatable bonds is 5. The van der Waals surface area contributed by atoms with Gasteiger partial charge < -0.3 is 15.6 Å². The Morgan fingerprint density at radius 2 is 2.11 bits per heavy atom. The van der Waals surface area contributed by atoms with E-state index in [4.69, 9.17) is 15.6 Å². The summed E-state index contributed by atoms with van der Waals surface area (Å²) in [5.41, 5.74) is 6.42. The van der Waals surface area contributed by atoms with E-state index in [0.29, 0.717) is 5.56 Å². The first-order valence-electron chi connectivity index (χ1n) is 8.01. The standard InChI is InChI=1S/C18H16FN3O5/c1-9(23)16(20)15-8-22(18(26)27-15)11-3-4-12(13(19)6-11)10-2-5-14(17(24)25)21-7-10/h2-7,15-16H,8,20H2,1H3,(H,24,25)/t15?,16-/m1/s1. The molecular weight excluding hydrogens is 357 g/mol. The molecule has 2 atom stereocenters. The molecular formula is C18H16FN3O5. The molecule has 3 N–H and O–H groups in total. The lowest BCUT2D eigenvalue weighted by Crippen LogP contribution is -2.43. The highest BCUT2D eigenvalue weighted by Crippen LogP contribution is 2.29. The Bertz CT molecular complexity index is 916. The lowest BCUT2D eigenvalue weighted by Gasteiger charge is -2.16. The average Bonchev–Trinajstić information content (AvgIpc) is 3.02. The first-order valence-corrected chi connectivity index (χ1v) is 8.01. The number of nitrogens with two attached hydrogens (primary N) is 1. The van der Waals surface area contributed by atoms with Gasteiger partial charge in [-0.05, 0) is 31.2 Å². The maximum absolute atomic E-state index is 14.6. The minimum Gasteiger partial charge on any atom is -0.477 e. The van der Waals surface area contributed by atoms with Crippen LogP contribution in [0.5, 0.6) is 0 Å². The molecule has 0 radical (unpaired) electrons. The van der Waals surface area contributed by atoms with Gasteiger partial charge in [-0.25, -0.2) is 19.0 Å². The number of ether oxygens (including phenoxy) is 1. The van der Waals surface area contributed by atoms with Crippen molar-refractivity contribution in [1.29, 1.82) is 0 Å². The van der Waals surface area contributed by atoms with Crippen molar-refractivity contribution in [3.05, 3.63) is 48.0 Å². The highest BCUT2D eigenvalue weighted by Gasteiger charge is 2.37. The van der Waals surface area contributed by atoms with Crippen LogP contribution in [0, 0.1) is 5.82 Å². The number of hydrogen-bond acceptors (Lipinski definition) is 6. The molecule has 1 amide bonds. The number of pyridine rings is 1. The second-order valence-electron chi connectivity index (χ2n) is 6.07. The van der Waals surface area contributed by atoms with Crippen LogP contribution in [-0.2, 0) is 9.53 Å². The average molecular weight is 373 g/mol. The van der Waals surface area contributed by atoms with Gasteiger partial charge in [-0.2, -0.15) is 0 Å². The first-order chi connectivity index (χ1) is 12.8. The van der Waals surface area contributed by atoms with Crippen LogP contribution in [0.1, 0.15) is 17.4 Å². The van der Waals surface area contributed by atoms with Crippen LogP contribution >= 0.6 is 0 Å². The van der Waals surface area contributed by atoms with Crippen molar-refractivity contribution in [1.82, 2.24) is 4.98 Å². The van der Waals surface area contributed by atoms with Gasteiger partial charge in [0.15, 0.2) is 0 Å². The zero-order valence-corrected chi connectivity index (χ0v) is 14.3. The van der Waals surface area contributed by atoms with Gasteiger partial charge in [0.1, 0.15) is 29.4 Å². The molecule has 27 heavy (non-hydrogen) atoms. The summed E-state index contributed by atoms with van der Waals surface area (Å²) < 4.78 is 19.7.